The van der Waals surface area contributed by atoms with Crippen molar-refractivity contribution in [3.05, 3.63) is 12.4 Å². The first kappa shape index (κ1) is 14.1. The van der Waals surface area contributed by atoms with Crippen molar-refractivity contribution in [2.75, 3.05) is 50.0 Å². The van der Waals surface area contributed by atoms with Gasteiger partial charge in [0.1, 0.15) is 18.0 Å². The molecule has 1 N–H and O–H groups in total. The summed E-state index contributed by atoms with van der Waals surface area (Å²) < 4.78 is 0. The summed E-state index contributed by atoms with van der Waals surface area (Å²) in [6.07, 6.45) is 5.44. The molecule has 0 aromatic carbocycles. The van der Waals surface area contributed by atoms with Crippen LogP contribution in [0.2, 0.25) is 0 Å². The first-order valence-corrected chi connectivity index (χ1v) is 7.29. The van der Waals surface area contributed by atoms with Crippen molar-refractivity contribution in [2.45, 2.75) is 26.2 Å². The zero-order valence-electron chi connectivity index (χ0n) is 12.1. The predicted molar refractivity (Wildman–Crippen MR) is 79.8 cm³/mol. The molecule has 0 saturated carbocycles. The van der Waals surface area contributed by atoms with E-state index in [0.717, 1.165) is 37.7 Å². The van der Waals surface area contributed by atoms with E-state index in [1.165, 1.54) is 25.9 Å². The van der Waals surface area contributed by atoms with Crippen LogP contribution in [0.15, 0.2) is 12.4 Å². The third kappa shape index (κ3) is 4.35. The molecule has 1 aromatic rings. The highest BCUT2D eigenvalue weighted by Crippen LogP contribution is 2.13. The van der Waals surface area contributed by atoms with Gasteiger partial charge >= 0.3 is 0 Å². The molecule has 106 valence electrons. The Bertz CT molecular complexity index is 376. The van der Waals surface area contributed by atoms with Crippen LogP contribution in [0.4, 0.5) is 11.6 Å². The quantitative estimate of drug-likeness (QED) is 0.813. The summed E-state index contributed by atoms with van der Waals surface area (Å²) in [5, 5.41) is 3.30. The maximum atomic E-state index is 4.35. The third-order valence-corrected chi connectivity index (χ3v) is 3.55. The van der Waals surface area contributed by atoms with Crippen LogP contribution in [-0.2, 0) is 0 Å². The van der Waals surface area contributed by atoms with Crippen molar-refractivity contribution in [3.8, 4) is 0 Å². The molecule has 2 heterocycles. The SMILES string of the molecule is CCCNc1cc(N(C)CCN2CCCC2)ncn1. The molecule has 1 aliphatic heterocycles. The lowest BCUT2D eigenvalue weighted by molar-refractivity contribution is 0.346. The first-order valence-electron chi connectivity index (χ1n) is 7.29. The Labute approximate surface area is 116 Å². The third-order valence-electron chi connectivity index (χ3n) is 3.55. The Morgan fingerprint density at radius 1 is 1.32 bits per heavy atom. The Balaban J connectivity index is 1.84. The number of nitrogens with one attached hydrogen (secondary N) is 1. The van der Waals surface area contributed by atoms with Crippen LogP contribution in [0, 0.1) is 0 Å². The smallest absolute Gasteiger partial charge is 0.133 e. The van der Waals surface area contributed by atoms with Gasteiger partial charge in [0, 0.05) is 32.7 Å². The van der Waals surface area contributed by atoms with Crippen LogP contribution in [0.25, 0.3) is 0 Å². The van der Waals surface area contributed by atoms with Gasteiger partial charge in [0.15, 0.2) is 0 Å². The van der Waals surface area contributed by atoms with Gasteiger partial charge in [0.2, 0.25) is 0 Å². The fourth-order valence-electron chi connectivity index (χ4n) is 2.32. The van der Waals surface area contributed by atoms with Crippen LogP contribution < -0.4 is 10.2 Å². The Morgan fingerprint density at radius 3 is 2.84 bits per heavy atom. The molecule has 0 bridgehead atoms. The molecule has 1 fully saturated rings. The van der Waals surface area contributed by atoms with E-state index in [2.05, 4.69) is 39.1 Å². The highest BCUT2D eigenvalue weighted by molar-refractivity contribution is 5.47. The van der Waals surface area contributed by atoms with Crippen molar-refractivity contribution < 1.29 is 0 Å². The Morgan fingerprint density at radius 2 is 2.11 bits per heavy atom. The summed E-state index contributed by atoms with van der Waals surface area (Å²) in [4.78, 5) is 13.3. The Hall–Kier alpha value is -1.36. The topological polar surface area (TPSA) is 44.3 Å². The molecule has 0 aliphatic carbocycles. The molecule has 2 rings (SSSR count). The molecule has 5 nitrogen and oxygen atoms in total. The second-order valence-electron chi connectivity index (χ2n) is 5.16. The van der Waals surface area contributed by atoms with Crippen LogP contribution in [-0.4, -0.2) is 54.6 Å². The van der Waals surface area contributed by atoms with Gasteiger partial charge in [-0.15, -0.1) is 0 Å². The van der Waals surface area contributed by atoms with E-state index in [1.54, 1.807) is 6.33 Å². The summed E-state index contributed by atoms with van der Waals surface area (Å²) >= 11 is 0. The summed E-state index contributed by atoms with van der Waals surface area (Å²) in [5.41, 5.74) is 0. The highest BCUT2D eigenvalue weighted by Gasteiger charge is 2.12. The van der Waals surface area contributed by atoms with E-state index in [1.807, 2.05) is 6.07 Å². The Kier molecular flexibility index (Phi) is 5.39. The van der Waals surface area contributed by atoms with Crippen molar-refractivity contribution >= 4 is 11.6 Å². The number of nitrogens with zero attached hydrogens (tertiary/aromatic N) is 4. The number of anilines is 2. The van der Waals surface area contributed by atoms with Gasteiger partial charge in [-0.3, -0.25) is 0 Å². The fraction of sp³-hybridized carbons (Fsp3) is 0.714. The summed E-state index contributed by atoms with van der Waals surface area (Å²) in [7, 11) is 2.10. The van der Waals surface area contributed by atoms with Gasteiger partial charge in [0.25, 0.3) is 0 Å². The van der Waals surface area contributed by atoms with Crippen LogP contribution in [0.5, 0.6) is 0 Å². The molecule has 5 heteroatoms. The van der Waals surface area contributed by atoms with E-state index >= 15 is 0 Å². The van der Waals surface area contributed by atoms with Crippen molar-refractivity contribution in [3.63, 3.8) is 0 Å². The van der Waals surface area contributed by atoms with Gasteiger partial charge in [-0.05, 0) is 32.4 Å². The molecule has 0 atom stereocenters. The molecule has 0 radical (unpaired) electrons. The summed E-state index contributed by atoms with van der Waals surface area (Å²) in [5.74, 6) is 1.91. The minimum absolute atomic E-state index is 0.917. The molecular formula is C14H25N5. The molecule has 19 heavy (non-hydrogen) atoms. The predicted octanol–water partition coefficient (Wildman–Crippen LogP) is 1.83. The monoisotopic (exact) mass is 263 g/mol. The van der Waals surface area contributed by atoms with E-state index in [-0.39, 0.29) is 0 Å². The molecule has 1 aliphatic rings. The molecule has 1 saturated heterocycles. The van der Waals surface area contributed by atoms with Crippen LogP contribution in [0.3, 0.4) is 0 Å². The van der Waals surface area contributed by atoms with Crippen molar-refractivity contribution in [1.29, 1.82) is 0 Å². The molecular weight excluding hydrogens is 238 g/mol. The number of likely N-dealkylation sites (N-methyl/N-ethyl adjacent to an activating group) is 1. The van der Waals surface area contributed by atoms with Gasteiger partial charge in [-0.1, -0.05) is 6.92 Å². The second-order valence-corrected chi connectivity index (χ2v) is 5.16. The number of hydrogen-bond donors (Lipinski definition) is 1. The van der Waals surface area contributed by atoms with Crippen molar-refractivity contribution in [1.82, 2.24) is 14.9 Å². The van der Waals surface area contributed by atoms with Gasteiger partial charge < -0.3 is 15.1 Å². The van der Waals surface area contributed by atoms with E-state index in [4.69, 9.17) is 0 Å². The summed E-state index contributed by atoms with van der Waals surface area (Å²) in [6.45, 7) is 7.75. The largest absolute Gasteiger partial charge is 0.370 e. The standard InChI is InChI=1S/C14H25N5/c1-3-6-15-13-11-14(17-12-16-13)18(2)9-10-19-7-4-5-8-19/h11-12H,3-10H2,1-2H3,(H,15,16,17). The zero-order valence-corrected chi connectivity index (χ0v) is 12.1. The minimum Gasteiger partial charge on any atom is -0.370 e. The lowest BCUT2D eigenvalue weighted by Gasteiger charge is -2.22. The highest BCUT2D eigenvalue weighted by atomic mass is 15.2. The minimum atomic E-state index is 0.917. The molecule has 0 unspecified atom stereocenters. The van der Waals surface area contributed by atoms with Gasteiger partial charge in [-0.2, -0.15) is 0 Å². The van der Waals surface area contributed by atoms with E-state index < -0.39 is 0 Å². The van der Waals surface area contributed by atoms with Crippen LogP contribution >= 0.6 is 0 Å². The zero-order chi connectivity index (χ0) is 13.5. The lowest BCUT2D eigenvalue weighted by atomic mass is 10.4. The lowest BCUT2D eigenvalue weighted by Crippen LogP contribution is -2.31. The van der Waals surface area contributed by atoms with Gasteiger partial charge in [0.05, 0.1) is 0 Å². The molecule has 1 aromatic heterocycles. The average molecular weight is 263 g/mol. The second kappa shape index (κ2) is 7.28. The number of rotatable bonds is 7. The first-order chi connectivity index (χ1) is 9.29. The van der Waals surface area contributed by atoms with Crippen LogP contribution in [0.1, 0.15) is 26.2 Å². The van der Waals surface area contributed by atoms with Crippen molar-refractivity contribution in [2.24, 2.45) is 0 Å². The number of likely N-dealkylation sites (tertiary alicyclic amines) is 1. The fourth-order valence-corrected chi connectivity index (χ4v) is 2.32. The van der Waals surface area contributed by atoms with E-state index in [0.29, 0.717) is 0 Å². The maximum absolute atomic E-state index is 4.35. The summed E-state index contributed by atoms with van der Waals surface area (Å²) in [6, 6.07) is 2.03. The maximum Gasteiger partial charge on any atom is 0.133 e. The number of aromatic nitrogens is 2. The van der Waals surface area contributed by atoms with E-state index in [9.17, 15) is 0 Å². The normalized spacial score (nSPS) is 15.7. The molecule has 0 spiro atoms. The number of hydrogen-bond acceptors (Lipinski definition) is 5. The molecule has 0 amide bonds. The van der Waals surface area contributed by atoms with Gasteiger partial charge in [-0.25, -0.2) is 9.97 Å². The average Bonchev–Trinajstić information content (AvgIpc) is 2.96.